The van der Waals surface area contributed by atoms with Crippen LogP contribution < -0.4 is 0 Å². The predicted octanol–water partition coefficient (Wildman–Crippen LogP) is 7.00. The van der Waals surface area contributed by atoms with Gasteiger partial charge in [0.15, 0.2) is 11.1 Å². The lowest BCUT2D eigenvalue weighted by atomic mass is 9.79. The van der Waals surface area contributed by atoms with Gasteiger partial charge in [0.2, 0.25) is 0 Å². The third kappa shape index (κ3) is 4.14. The van der Waals surface area contributed by atoms with Gasteiger partial charge in [-0.2, -0.15) is 0 Å². The van der Waals surface area contributed by atoms with Crippen molar-refractivity contribution in [2.75, 3.05) is 0 Å². The standard InChI is InChI=1S/C17H13FO.C17H17NO/c1-2-17(19)14-7-4-3-6-12(14)10-11-13-15(17)8-5-9-16(13)18;1-2-17(18-19)15-9-5-3-7-13(15)11-12-14-8-4-6-10-16(14)17/h1,3-9,19H,10-11H2;3-10H,2,11-12H2,1H3. The SMILES string of the molecule is C#CC1(O)c2ccccc2CCc2c(F)cccc21.CCC1(N=O)c2ccccc2CCc2ccccc21. The van der Waals surface area contributed by atoms with Gasteiger partial charge < -0.3 is 5.11 Å². The molecular formula is C34H30FNO2. The first-order valence-corrected chi connectivity index (χ1v) is 13.1. The third-order valence-electron chi connectivity index (χ3n) is 8.03. The van der Waals surface area contributed by atoms with Gasteiger partial charge in [0.25, 0.3) is 0 Å². The lowest BCUT2D eigenvalue weighted by molar-refractivity contribution is 0.144. The summed E-state index contributed by atoms with van der Waals surface area (Å²) in [7, 11) is 0. The molecular weight excluding hydrogens is 473 g/mol. The summed E-state index contributed by atoms with van der Waals surface area (Å²) in [5, 5.41) is 14.5. The number of terminal acetylenes is 1. The van der Waals surface area contributed by atoms with Crippen molar-refractivity contribution in [2.24, 2.45) is 5.18 Å². The van der Waals surface area contributed by atoms with E-state index >= 15 is 0 Å². The van der Waals surface area contributed by atoms with E-state index < -0.39 is 11.1 Å². The highest BCUT2D eigenvalue weighted by Crippen LogP contribution is 2.43. The van der Waals surface area contributed by atoms with E-state index in [1.54, 1.807) is 12.1 Å². The maximum absolute atomic E-state index is 14.0. The molecule has 0 heterocycles. The largest absolute Gasteiger partial charge is 0.369 e. The van der Waals surface area contributed by atoms with E-state index in [0.717, 1.165) is 29.5 Å². The summed E-state index contributed by atoms with van der Waals surface area (Å²) in [6, 6.07) is 28.6. The molecule has 1 atom stereocenters. The van der Waals surface area contributed by atoms with Crippen LogP contribution in [0.1, 0.15) is 57.9 Å². The number of nitrogens with zero attached hydrogens (tertiary/aromatic N) is 1. The number of hydrogen-bond acceptors (Lipinski definition) is 3. The van der Waals surface area contributed by atoms with Crippen molar-refractivity contribution in [1.29, 1.82) is 0 Å². The van der Waals surface area contributed by atoms with Gasteiger partial charge in [0, 0.05) is 11.1 Å². The van der Waals surface area contributed by atoms with Gasteiger partial charge in [-0.15, -0.1) is 11.3 Å². The fraction of sp³-hybridized carbons (Fsp3) is 0.235. The summed E-state index contributed by atoms with van der Waals surface area (Å²) in [6.07, 6.45) is 9.44. The zero-order chi connectivity index (χ0) is 26.8. The molecule has 0 radical (unpaired) electrons. The number of halogens is 1. The van der Waals surface area contributed by atoms with Crippen LogP contribution in [-0.2, 0) is 36.8 Å². The number of aliphatic hydroxyl groups is 1. The van der Waals surface area contributed by atoms with Crippen LogP contribution in [0.2, 0.25) is 0 Å². The van der Waals surface area contributed by atoms with Crippen molar-refractivity contribution in [2.45, 2.75) is 50.2 Å². The van der Waals surface area contributed by atoms with Crippen LogP contribution in [0.5, 0.6) is 0 Å². The Labute approximate surface area is 223 Å². The Hall–Kier alpha value is -4.07. The van der Waals surface area contributed by atoms with Gasteiger partial charge in [0.05, 0.1) is 0 Å². The topological polar surface area (TPSA) is 49.7 Å². The maximum Gasteiger partial charge on any atom is 0.177 e. The summed E-state index contributed by atoms with van der Waals surface area (Å²) >= 11 is 0. The highest BCUT2D eigenvalue weighted by atomic mass is 19.1. The molecule has 0 aliphatic heterocycles. The molecule has 0 spiro atoms. The molecule has 4 aromatic rings. The quantitative estimate of drug-likeness (QED) is 0.237. The summed E-state index contributed by atoms with van der Waals surface area (Å²) in [6.45, 7) is 2.04. The number of rotatable bonds is 2. The van der Waals surface area contributed by atoms with E-state index in [1.165, 1.54) is 17.2 Å². The van der Waals surface area contributed by atoms with Gasteiger partial charge in [-0.05, 0) is 71.6 Å². The van der Waals surface area contributed by atoms with E-state index in [9.17, 15) is 14.4 Å². The fourth-order valence-corrected chi connectivity index (χ4v) is 6.05. The van der Waals surface area contributed by atoms with Crippen LogP contribution in [0.15, 0.2) is 96.2 Å². The highest BCUT2D eigenvalue weighted by Gasteiger charge is 2.39. The Morgan fingerprint density at radius 2 is 1.24 bits per heavy atom. The van der Waals surface area contributed by atoms with E-state index in [0.29, 0.717) is 36.0 Å². The Bertz CT molecular complexity index is 1490. The molecule has 0 saturated heterocycles. The minimum atomic E-state index is -1.55. The molecule has 6 rings (SSSR count). The van der Waals surface area contributed by atoms with Gasteiger partial charge in [-0.1, -0.05) is 103 Å². The van der Waals surface area contributed by atoms with Crippen LogP contribution in [0.3, 0.4) is 0 Å². The zero-order valence-electron chi connectivity index (χ0n) is 21.5. The average molecular weight is 504 g/mol. The molecule has 0 fully saturated rings. The first-order chi connectivity index (χ1) is 18.5. The summed E-state index contributed by atoms with van der Waals surface area (Å²) < 4.78 is 14.0. The zero-order valence-corrected chi connectivity index (χ0v) is 21.5. The van der Waals surface area contributed by atoms with E-state index in [1.807, 2.05) is 55.5 Å². The average Bonchev–Trinajstić information content (AvgIpc) is 3.19. The number of fused-ring (bicyclic) bond motifs is 4. The first kappa shape index (κ1) is 25.6. The van der Waals surface area contributed by atoms with Crippen LogP contribution >= 0.6 is 0 Å². The molecule has 0 bridgehead atoms. The van der Waals surface area contributed by atoms with E-state index in [2.05, 4.69) is 35.4 Å². The highest BCUT2D eigenvalue weighted by molar-refractivity contribution is 5.53. The lowest BCUT2D eigenvalue weighted by Gasteiger charge is -2.27. The third-order valence-corrected chi connectivity index (χ3v) is 8.03. The number of aryl methyl sites for hydroxylation is 3. The van der Waals surface area contributed by atoms with Crippen molar-refractivity contribution in [3.8, 4) is 12.3 Å². The Kier molecular flexibility index (Phi) is 6.97. The fourth-order valence-electron chi connectivity index (χ4n) is 6.05. The van der Waals surface area contributed by atoms with Crippen molar-refractivity contribution < 1.29 is 9.50 Å². The normalized spacial score (nSPS) is 18.5. The van der Waals surface area contributed by atoms with Crippen molar-refractivity contribution in [3.63, 3.8) is 0 Å². The molecule has 0 aromatic heterocycles. The lowest BCUT2D eigenvalue weighted by Crippen LogP contribution is -2.26. The molecule has 2 aliphatic rings. The molecule has 2 aliphatic carbocycles. The van der Waals surface area contributed by atoms with Crippen LogP contribution in [0.4, 0.5) is 4.39 Å². The molecule has 0 saturated carbocycles. The monoisotopic (exact) mass is 503 g/mol. The minimum absolute atomic E-state index is 0.306. The summed E-state index contributed by atoms with van der Waals surface area (Å²) in [4.78, 5) is 11.7. The Morgan fingerprint density at radius 1 is 0.763 bits per heavy atom. The van der Waals surface area contributed by atoms with Crippen molar-refractivity contribution >= 4 is 0 Å². The van der Waals surface area contributed by atoms with Crippen LogP contribution in [0.25, 0.3) is 0 Å². The first-order valence-electron chi connectivity index (χ1n) is 13.1. The summed E-state index contributed by atoms with van der Waals surface area (Å²) in [5.74, 6) is 2.14. The second-order valence-corrected chi connectivity index (χ2v) is 9.90. The molecule has 4 heteroatoms. The van der Waals surface area contributed by atoms with Crippen molar-refractivity contribution in [3.05, 3.63) is 146 Å². The molecule has 1 N–H and O–H groups in total. The second kappa shape index (κ2) is 10.4. The van der Waals surface area contributed by atoms with E-state index in [-0.39, 0.29) is 5.82 Å². The molecule has 4 aromatic carbocycles. The number of benzene rings is 4. The van der Waals surface area contributed by atoms with Crippen LogP contribution in [-0.4, -0.2) is 5.11 Å². The van der Waals surface area contributed by atoms with Gasteiger partial charge in [-0.25, -0.2) is 4.39 Å². The summed E-state index contributed by atoms with van der Waals surface area (Å²) in [5.41, 5.74) is 5.04. The maximum atomic E-state index is 14.0. The smallest absolute Gasteiger partial charge is 0.177 e. The minimum Gasteiger partial charge on any atom is -0.369 e. The van der Waals surface area contributed by atoms with Gasteiger partial charge in [0.1, 0.15) is 5.82 Å². The molecule has 1 unspecified atom stereocenters. The molecule has 38 heavy (non-hydrogen) atoms. The number of nitroso groups, excluding NO2 is 1. The molecule has 190 valence electrons. The van der Waals surface area contributed by atoms with Crippen molar-refractivity contribution in [1.82, 2.24) is 0 Å². The van der Waals surface area contributed by atoms with E-state index in [4.69, 9.17) is 6.42 Å². The number of hydrogen-bond donors (Lipinski definition) is 1. The van der Waals surface area contributed by atoms with Gasteiger partial charge >= 0.3 is 0 Å². The Balaban J connectivity index is 0.000000155. The predicted molar refractivity (Wildman–Crippen MR) is 149 cm³/mol. The van der Waals surface area contributed by atoms with Crippen LogP contribution in [0, 0.1) is 23.1 Å². The Morgan fingerprint density at radius 3 is 1.76 bits per heavy atom. The molecule has 0 amide bonds. The second-order valence-electron chi connectivity index (χ2n) is 9.90. The van der Waals surface area contributed by atoms with Gasteiger partial charge in [-0.3, -0.25) is 0 Å². The molecule has 3 nitrogen and oxygen atoms in total.